The molecular weight excluding hydrogens is 332 g/mol. The van der Waals surface area contributed by atoms with Crippen LogP contribution in [0.5, 0.6) is 0 Å². The Morgan fingerprint density at radius 2 is 2.33 bits per heavy atom. The van der Waals surface area contributed by atoms with Crippen molar-refractivity contribution in [3.63, 3.8) is 0 Å². The van der Waals surface area contributed by atoms with Crippen molar-refractivity contribution in [1.82, 2.24) is 9.88 Å². The second-order valence-electron chi connectivity index (χ2n) is 5.94. The van der Waals surface area contributed by atoms with Crippen molar-refractivity contribution in [2.45, 2.75) is 43.8 Å². The van der Waals surface area contributed by atoms with Crippen LogP contribution in [0.25, 0.3) is 0 Å². The number of carbonyl (C=O) groups is 1. The number of carbonyl (C=O) groups excluding carboxylic acids is 1. The third kappa shape index (κ3) is 4.93. The van der Waals surface area contributed by atoms with Gasteiger partial charge in [0.15, 0.2) is 4.47 Å². The van der Waals surface area contributed by atoms with Crippen LogP contribution >= 0.6 is 22.9 Å². The van der Waals surface area contributed by atoms with Crippen LogP contribution in [0.4, 0.5) is 4.79 Å². The molecule has 0 aliphatic carbocycles. The van der Waals surface area contributed by atoms with Gasteiger partial charge in [0.05, 0.1) is 11.0 Å². The van der Waals surface area contributed by atoms with Crippen LogP contribution in [0, 0.1) is 0 Å². The molecule has 1 unspecified atom stereocenters. The second kappa shape index (κ2) is 6.62. The van der Waals surface area contributed by atoms with Crippen molar-refractivity contribution in [3.05, 3.63) is 15.5 Å². The molecule has 8 heteroatoms. The normalized spacial score (nSPS) is 20.6. The zero-order valence-corrected chi connectivity index (χ0v) is 14.7. The molecule has 1 saturated heterocycles. The predicted octanol–water partition coefficient (Wildman–Crippen LogP) is 3.05. The smallest absolute Gasteiger partial charge is 0.410 e. The number of ether oxygens (including phenoxy) is 1. The van der Waals surface area contributed by atoms with Crippen LogP contribution in [-0.4, -0.2) is 44.1 Å². The lowest BCUT2D eigenvalue weighted by Gasteiger charge is -2.24. The van der Waals surface area contributed by atoms with Gasteiger partial charge in [-0.05, 0) is 27.2 Å². The number of amides is 1. The van der Waals surface area contributed by atoms with E-state index in [-0.39, 0.29) is 11.3 Å². The first-order valence-electron chi connectivity index (χ1n) is 6.70. The first kappa shape index (κ1) is 16.7. The van der Waals surface area contributed by atoms with E-state index < -0.39 is 16.4 Å². The van der Waals surface area contributed by atoms with E-state index in [9.17, 15) is 9.00 Å². The Bertz CT molecular complexity index is 542. The van der Waals surface area contributed by atoms with E-state index in [1.807, 2.05) is 20.8 Å². The van der Waals surface area contributed by atoms with Gasteiger partial charge in [0.25, 0.3) is 0 Å². The summed E-state index contributed by atoms with van der Waals surface area (Å²) in [6.45, 7) is 6.58. The summed E-state index contributed by atoms with van der Waals surface area (Å²) in [6, 6.07) is 0. The van der Waals surface area contributed by atoms with Crippen molar-refractivity contribution in [2.24, 2.45) is 0 Å². The number of nitrogens with zero attached hydrogens (tertiary/aromatic N) is 2. The summed E-state index contributed by atoms with van der Waals surface area (Å²) in [4.78, 5) is 18.5. The number of halogens is 1. The molecule has 1 fully saturated rings. The molecule has 5 nitrogen and oxygen atoms in total. The molecule has 1 amide bonds. The Labute approximate surface area is 136 Å². The van der Waals surface area contributed by atoms with Gasteiger partial charge >= 0.3 is 6.09 Å². The number of rotatable bonds is 3. The summed E-state index contributed by atoms with van der Waals surface area (Å²) in [7, 11) is -1.03. The summed E-state index contributed by atoms with van der Waals surface area (Å²) < 4.78 is 18.1. The molecule has 118 valence electrons. The van der Waals surface area contributed by atoms with Crippen LogP contribution < -0.4 is 0 Å². The Balaban J connectivity index is 1.87. The van der Waals surface area contributed by atoms with Gasteiger partial charge in [0.2, 0.25) is 0 Å². The summed E-state index contributed by atoms with van der Waals surface area (Å²) >= 11 is 7.11. The molecule has 1 aromatic rings. The highest BCUT2D eigenvalue weighted by Gasteiger charge is 2.32. The Morgan fingerprint density at radius 3 is 2.90 bits per heavy atom. The molecule has 0 N–H and O–H groups in total. The van der Waals surface area contributed by atoms with Crippen LogP contribution in [0.1, 0.15) is 32.1 Å². The van der Waals surface area contributed by atoms with E-state index in [1.165, 1.54) is 11.3 Å². The fourth-order valence-corrected chi connectivity index (χ4v) is 4.71. The van der Waals surface area contributed by atoms with Crippen molar-refractivity contribution in [1.29, 1.82) is 0 Å². The number of aromatic nitrogens is 1. The van der Waals surface area contributed by atoms with E-state index in [4.69, 9.17) is 16.3 Å². The maximum absolute atomic E-state index is 12.3. The van der Waals surface area contributed by atoms with Crippen molar-refractivity contribution < 1.29 is 13.7 Å². The molecule has 0 spiro atoms. The summed E-state index contributed by atoms with van der Waals surface area (Å²) in [5.74, 6) is 0.442. The van der Waals surface area contributed by atoms with Gasteiger partial charge in [0, 0.05) is 35.0 Å². The van der Waals surface area contributed by atoms with Crippen LogP contribution in [0.2, 0.25) is 4.47 Å². The van der Waals surface area contributed by atoms with Crippen molar-refractivity contribution in [2.75, 3.05) is 13.1 Å². The van der Waals surface area contributed by atoms with Gasteiger partial charge in [-0.3, -0.25) is 4.21 Å². The standard InChI is InChI=1S/C13H19ClN2O3S2/c1-13(2,3)19-12(17)16-5-4-10(7-16)21(18)8-9-6-15-11(14)20-9/h6,10H,4-5,7-8H2,1-3H3/t10-,21?/m1/s1. The zero-order chi connectivity index (χ0) is 15.6. The number of thiazole rings is 1. The Morgan fingerprint density at radius 1 is 1.62 bits per heavy atom. The monoisotopic (exact) mass is 350 g/mol. The Hall–Kier alpha value is -0.660. The molecule has 0 radical (unpaired) electrons. The van der Waals surface area contributed by atoms with Crippen LogP contribution in [0.15, 0.2) is 6.20 Å². The maximum Gasteiger partial charge on any atom is 0.410 e. The van der Waals surface area contributed by atoms with E-state index in [1.54, 1.807) is 11.1 Å². The lowest BCUT2D eigenvalue weighted by Crippen LogP contribution is -2.36. The number of likely N-dealkylation sites (tertiary alicyclic amines) is 1. The highest BCUT2D eigenvalue weighted by Crippen LogP contribution is 2.23. The minimum absolute atomic E-state index is 0.0154. The van der Waals surface area contributed by atoms with E-state index in [2.05, 4.69) is 4.98 Å². The van der Waals surface area contributed by atoms with Gasteiger partial charge in [0.1, 0.15) is 5.60 Å². The highest BCUT2D eigenvalue weighted by molar-refractivity contribution is 7.85. The molecule has 2 atom stereocenters. The van der Waals surface area contributed by atoms with Gasteiger partial charge in [-0.1, -0.05) is 11.6 Å². The van der Waals surface area contributed by atoms with Crippen LogP contribution in [-0.2, 0) is 21.3 Å². The lowest BCUT2D eigenvalue weighted by atomic mass is 10.2. The maximum atomic E-state index is 12.3. The van der Waals surface area contributed by atoms with E-state index in [0.29, 0.717) is 23.3 Å². The van der Waals surface area contributed by atoms with Gasteiger partial charge in [-0.15, -0.1) is 11.3 Å². The van der Waals surface area contributed by atoms with E-state index >= 15 is 0 Å². The van der Waals surface area contributed by atoms with E-state index in [0.717, 1.165) is 11.3 Å². The fraction of sp³-hybridized carbons (Fsp3) is 0.692. The molecular formula is C13H19ClN2O3S2. The summed E-state index contributed by atoms with van der Waals surface area (Å²) in [5, 5.41) is -0.0154. The van der Waals surface area contributed by atoms with Gasteiger partial charge < -0.3 is 9.64 Å². The molecule has 1 aliphatic rings. The SMILES string of the molecule is CC(C)(C)OC(=O)N1CC[C@@H](S(=O)Cc2cnc(Cl)s2)C1. The first-order chi connectivity index (χ1) is 9.74. The Kier molecular flexibility index (Phi) is 5.27. The summed E-state index contributed by atoms with van der Waals surface area (Å²) in [6.07, 6.45) is 2.06. The van der Waals surface area contributed by atoms with Gasteiger partial charge in [-0.2, -0.15) is 0 Å². The third-order valence-corrected chi connectivity index (χ3v) is 6.00. The lowest BCUT2D eigenvalue weighted by molar-refractivity contribution is 0.0295. The molecule has 1 aromatic heterocycles. The molecule has 21 heavy (non-hydrogen) atoms. The second-order valence-corrected chi connectivity index (χ2v) is 9.36. The highest BCUT2D eigenvalue weighted by atomic mass is 35.5. The molecule has 0 bridgehead atoms. The molecule has 2 rings (SSSR count). The van der Waals surface area contributed by atoms with Crippen molar-refractivity contribution in [3.8, 4) is 0 Å². The molecule has 0 aromatic carbocycles. The average molecular weight is 351 g/mol. The molecule has 0 saturated carbocycles. The number of hydrogen-bond acceptors (Lipinski definition) is 5. The predicted molar refractivity (Wildman–Crippen MR) is 85.2 cm³/mol. The van der Waals surface area contributed by atoms with Crippen LogP contribution in [0.3, 0.4) is 0 Å². The first-order valence-corrected chi connectivity index (χ1v) is 9.27. The summed E-state index contributed by atoms with van der Waals surface area (Å²) in [5.41, 5.74) is -0.506. The molecule has 1 aliphatic heterocycles. The average Bonchev–Trinajstić information content (AvgIpc) is 2.96. The van der Waals surface area contributed by atoms with Gasteiger partial charge in [-0.25, -0.2) is 9.78 Å². The molecule has 2 heterocycles. The number of hydrogen-bond donors (Lipinski definition) is 0. The minimum Gasteiger partial charge on any atom is -0.444 e. The largest absolute Gasteiger partial charge is 0.444 e. The quantitative estimate of drug-likeness (QED) is 0.840. The fourth-order valence-electron chi connectivity index (χ4n) is 2.04. The van der Waals surface area contributed by atoms with Crippen molar-refractivity contribution >= 4 is 39.8 Å². The minimum atomic E-state index is -1.03. The third-order valence-electron chi connectivity index (χ3n) is 2.98. The zero-order valence-electron chi connectivity index (χ0n) is 12.3. The topological polar surface area (TPSA) is 59.5 Å².